The fraction of sp³-hybridized carbons (Fsp3) is 0.353. The van der Waals surface area contributed by atoms with Crippen LogP contribution in [0.15, 0.2) is 30.7 Å². The summed E-state index contributed by atoms with van der Waals surface area (Å²) >= 11 is 0. The van der Waals surface area contributed by atoms with Gasteiger partial charge in [-0.2, -0.15) is 18.3 Å². The molecule has 1 unspecified atom stereocenters. The average Bonchev–Trinajstić information content (AvgIpc) is 3.27. The largest absolute Gasteiger partial charge is 0.408 e. The average molecular weight is 409 g/mol. The molecule has 1 atom stereocenters. The first-order valence-corrected chi connectivity index (χ1v) is 8.47. The van der Waals surface area contributed by atoms with Crippen LogP contribution in [0.1, 0.15) is 29.0 Å². The number of amides is 1. The highest BCUT2D eigenvalue weighted by atomic mass is 19.4. The number of alkyl halides is 3. The van der Waals surface area contributed by atoms with E-state index in [1.54, 1.807) is 13.1 Å². The van der Waals surface area contributed by atoms with Crippen molar-refractivity contribution in [2.45, 2.75) is 25.7 Å². The summed E-state index contributed by atoms with van der Waals surface area (Å²) in [5.41, 5.74) is 0.887. The lowest BCUT2D eigenvalue weighted by Crippen LogP contribution is -2.24. The normalized spacial score (nSPS) is 12.8. The van der Waals surface area contributed by atoms with Crippen molar-refractivity contribution in [3.63, 3.8) is 0 Å². The lowest BCUT2D eigenvalue weighted by Gasteiger charge is -2.18. The third kappa shape index (κ3) is 4.42. The second-order valence-electron chi connectivity index (χ2n) is 6.24. The van der Waals surface area contributed by atoms with Gasteiger partial charge in [0, 0.05) is 20.4 Å². The summed E-state index contributed by atoms with van der Waals surface area (Å²) < 4.78 is 46.6. The first-order chi connectivity index (χ1) is 13.7. The van der Waals surface area contributed by atoms with Crippen molar-refractivity contribution in [1.82, 2.24) is 29.5 Å². The number of hydrogen-bond donors (Lipinski definition) is 1. The van der Waals surface area contributed by atoms with Gasteiger partial charge in [-0.05, 0) is 19.1 Å². The second kappa shape index (κ2) is 7.99. The van der Waals surface area contributed by atoms with E-state index in [-0.39, 0.29) is 23.9 Å². The van der Waals surface area contributed by atoms with Crippen molar-refractivity contribution in [2.75, 3.05) is 12.4 Å². The maximum absolute atomic E-state index is 13.1. The summed E-state index contributed by atoms with van der Waals surface area (Å²) in [5.74, 6) is -0.388. The number of aromatic nitrogens is 6. The molecule has 3 rings (SSSR count). The van der Waals surface area contributed by atoms with E-state index in [9.17, 15) is 18.0 Å². The Morgan fingerprint density at radius 2 is 2.10 bits per heavy atom. The lowest BCUT2D eigenvalue weighted by atomic mass is 10.2. The van der Waals surface area contributed by atoms with E-state index in [1.165, 1.54) is 30.1 Å². The molecular weight excluding hydrogens is 391 g/mol. The fourth-order valence-corrected chi connectivity index (χ4v) is 2.65. The summed E-state index contributed by atoms with van der Waals surface area (Å²) in [7, 11) is 3.16. The molecule has 0 spiro atoms. The Kier molecular flexibility index (Phi) is 5.64. The molecule has 0 bridgehead atoms. The molecule has 9 nitrogen and oxygen atoms in total. The smallest absolute Gasteiger partial charge is 0.378 e. The van der Waals surface area contributed by atoms with E-state index >= 15 is 0 Å². The van der Waals surface area contributed by atoms with Gasteiger partial charge in [0.2, 0.25) is 0 Å². The van der Waals surface area contributed by atoms with Gasteiger partial charge in [0.15, 0.2) is 5.82 Å². The standard InChI is InChI=1S/C17H18F3N7O2/c1-10(17(18,19)20)27-9-21-24-15(27)12-5-4-6-14(22-12)23-16(28)11-7-26(2)25-13(11)8-29-3/h4-7,9-10H,8H2,1-3H3,(H,22,23,28). The maximum Gasteiger partial charge on any atom is 0.408 e. The molecule has 0 fully saturated rings. The molecule has 3 aromatic rings. The number of ether oxygens (including phenoxy) is 1. The zero-order valence-corrected chi connectivity index (χ0v) is 15.8. The number of halogens is 3. The van der Waals surface area contributed by atoms with Crippen LogP contribution < -0.4 is 5.32 Å². The van der Waals surface area contributed by atoms with Gasteiger partial charge in [-0.25, -0.2) is 4.98 Å². The zero-order valence-electron chi connectivity index (χ0n) is 15.8. The summed E-state index contributed by atoms with van der Waals surface area (Å²) in [6.45, 7) is 1.15. The molecule has 12 heteroatoms. The summed E-state index contributed by atoms with van der Waals surface area (Å²) in [5, 5.41) is 14.1. The van der Waals surface area contributed by atoms with E-state index < -0.39 is 18.1 Å². The lowest BCUT2D eigenvalue weighted by molar-refractivity contribution is -0.162. The van der Waals surface area contributed by atoms with Crippen molar-refractivity contribution >= 4 is 11.7 Å². The van der Waals surface area contributed by atoms with Crippen LogP contribution in [0.4, 0.5) is 19.0 Å². The van der Waals surface area contributed by atoms with E-state index in [2.05, 4.69) is 25.6 Å². The van der Waals surface area contributed by atoms with Crippen LogP contribution in [0.2, 0.25) is 0 Å². The van der Waals surface area contributed by atoms with E-state index in [4.69, 9.17) is 4.74 Å². The number of methoxy groups -OCH3 is 1. The molecule has 0 saturated carbocycles. The summed E-state index contributed by atoms with van der Waals surface area (Å²) in [4.78, 5) is 16.8. The number of hydrogen-bond acceptors (Lipinski definition) is 6. The van der Waals surface area contributed by atoms with E-state index in [0.29, 0.717) is 11.3 Å². The molecule has 3 heterocycles. The van der Waals surface area contributed by atoms with Crippen LogP contribution in [0.5, 0.6) is 0 Å². The molecule has 0 saturated heterocycles. The Hall–Kier alpha value is -3.28. The van der Waals surface area contributed by atoms with Gasteiger partial charge in [-0.1, -0.05) is 6.07 Å². The van der Waals surface area contributed by atoms with Crippen molar-refractivity contribution in [3.8, 4) is 11.5 Å². The van der Waals surface area contributed by atoms with Gasteiger partial charge in [-0.3, -0.25) is 9.48 Å². The Bertz CT molecular complexity index is 1010. The predicted molar refractivity (Wildman–Crippen MR) is 95.9 cm³/mol. The number of nitrogens with zero attached hydrogens (tertiary/aromatic N) is 6. The van der Waals surface area contributed by atoms with Crippen LogP contribution in [-0.4, -0.2) is 48.7 Å². The molecule has 154 valence electrons. The maximum atomic E-state index is 13.1. The Morgan fingerprint density at radius 1 is 1.34 bits per heavy atom. The van der Waals surface area contributed by atoms with Crippen molar-refractivity contribution in [3.05, 3.63) is 42.0 Å². The molecule has 0 aromatic carbocycles. The number of pyridine rings is 1. The Balaban J connectivity index is 1.87. The molecule has 0 aliphatic heterocycles. The third-order valence-corrected chi connectivity index (χ3v) is 4.11. The molecule has 29 heavy (non-hydrogen) atoms. The number of rotatable bonds is 6. The van der Waals surface area contributed by atoms with E-state index in [1.807, 2.05) is 0 Å². The van der Waals surface area contributed by atoms with Crippen LogP contribution in [0.25, 0.3) is 11.5 Å². The molecule has 1 N–H and O–H groups in total. The second-order valence-corrected chi connectivity index (χ2v) is 6.24. The Labute approximate surface area is 163 Å². The highest BCUT2D eigenvalue weighted by Crippen LogP contribution is 2.32. The highest BCUT2D eigenvalue weighted by molar-refractivity contribution is 6.04. The van der Waals surface area contributed by atoms with Gasteiger partial charge in [0.25, 0.3) is 5.91 Å². The Morgan fingerprint density at radius 3 is 2.79 bits per heavy atom. The van der Waals surface area contributed by atoms with Crippen molar-refractivity contribution in [2.24, 2.45) is 7.05 Å². The van der Waals surface area contributed by atoms with Crippen molar-refractivity contribution < 1.29 is 22.7 Å². The van der Waals surface area contributed by atoms with Crippen LogP contribution >= 0.6 is 0 Å². The molecule has 0 aliphatic rings. The van der Waals surface area contributed by atoms with E-state index in [0.717, 1.165) is 17.8 Å². The first-order valence-electron chi connectivity index (χ1n) is 8.47. The van der Waals surface area contributed by atoms with Gasteiger partial charge in [-0.15, -0.1) is 10.2 Å². The summed E-state index contributed by atoms with van der Waals surface area (Å²) in [6, 6.07) is 2.72. The minimum Gasteiger partial charge on any atom is -0.378 e. The third-order valence-electron chi connectivity index (χ3n) is 4.11. The molecule has 3 aromatic heterocycles. The van der Waals surface area contributed by atoms with Gasteiger partial charge < -0.3 is 14.6 Å². The van der Waals surface area contributed by atoms with Crippen LogP contribution in [-0.2, 0) is 18.4 Å². The van der Waals surface area contributed by atoms with Crippen LogP contribution in [0.3, 0.4) is 0 Å². The number of aryl methyl sites for hydroxylation is 1. The van der Waals surface area contributed by atoms with Crippen molar-refractivity contribution in [1.29, 1.82) is 0 Å². The predicted octanol–water partition coefficient (Wildman–Crippen LogP) is 2.60. The number of anilines is 1. The number of carbonyl (C=O) groups excluding carboxylic acids is 1. The quantitative estimate of drug-likeness (QED) is 0.672. The van der Waals surface area contributed by atoms with Gasteiger partial charge in [0.05, 0.1) is 12.2 Å². The van der Waals surface area contributed by atoms with Crippen LogP contribution in [0, 0.1) is 0 Å². The number of carbonyl (C=O) groups is 1. The molecule has 0 radical (unpaired) electrons. The minimum atomic E-state index is -4.47. The zero-order chi connectivity index (χ0) is 21.2. The molecule has 1 amide bonds. The topological polar surface area (TPSA) is 99.8 Å². The fourth-order valence-electron chi connectivity index (χ4n) is 2.65. The number of nitrogens with one attached hydrogen (secondary N) is 1. The molecular formula is C17H18F3N7O2. The summed E-state index contributed by atoms with van der Waals surface area (Å²) in [6.07, 6.45) is -1.94. The molecule has 0 aliphatic carbocycles. The van der Waals surface area contributed by atoms with Gasteiger partial charge >= 0.3 is 6.18 Å². The minimum absolute atomic E-state index is 0.0626. The SMILES string of the molecule is COCc1nn(C)cc1C(=O)Nc1cccc(-c2nncn2C(C)C(F)(F)F)n1. The highest BCUT2D eigenvalue weighted by Gasteiger charge is 2.38. The first kappa shape index (κ1) is 20.5. The van der Waals surface area contributed by atoms with Gasteiger partial charge in [0.1, 0.15) is 29.6 Å². The monoisotopic (exact) mass is 409 g/mol.